The van der Waals surface area contributed by atoms with Crippen LogP contribution in [0.1, 0.15) is 45.7 Å². The summed E-state index contributed by atoms with van der Waals surface area (Å²) in [6.45, 7) is 7.21. The van der Waals surface area contributed by atoms with Gasteiger partial charge in [0.15, 0.2) is 6.61 Å². The van der Waals surface area contributed by atoms with Gasteiger partial charge >= 0.3 is 5.97 Å². The number of hydrogen-bond donors (Lipinski definition) is 1. The van der Waals surface area contributed by atoms with Crippen molar-refractivity contribution in [3.8, 4) is 0 Å². The van der Waals surface area contributed by atoms with E-state index in [2.05, 4.69) is 5.32 Å². The van der Waals surface area contributed by atoms with Crippen molar-refractivity contribution in [2.24, 2.45) is 0 Å². The fourth-order valence-corrected chi connectivity index (χ4v) is 3.44. The standard InChI is InChI=1S/C22H25NO4S/c1-14(2)23-21(25)13-28-20-8-6-5-7-17(20)22(26)27-12-19(24)18-11-15(3)9-10-16(18)4/h5-11,14H,12-13H2,1-4H3,(H,23,25). The van der Waals surface area contributed by atoms with Crippen LogP contribution in [0.2, 0.25) is 0 Å². The Bertz CT molecular complexity index is 877. The van der Waals surface area contributed by atoms with Crippen LogP contribution in [0.4, 0.5) is 0 Å². The van der Waals surface area contributed by atoms with E-state index in [1.165, 1.54) is 11.8 Å². The summed E-state index contributed by atoms with van der Waals surface area (Å²) < 4.78 is 5.25. The lowest BCUT2D eigenvalue weighted by Gasteiger charge is -2.11. The number of hydrogen-bond acceptors (Lipinski definition) is 5. The quantitative estimate of drug-likeness (QED) is 0.413. The second-order valence-electron chi connectivity index (χ2n) is 6.82. The van der Waals surface area contributed by atoms with Gasteiger partial charge in [0.05, 0.1) is 11.3 Å². The monoisotopic (exact) mass is 399 g/mol. The SMILES string of the molecule is Cc1ccc(C)c(C(=O)COC(=O)c2ccccc2SCC(=O)NC(C)C)c1. The molecule has 0 saturated heterocycles. The summed E-state index contributed by atoms with van der Waals surface area (Å²) in [5.41, 5.74) is 2.72. The van der Waals surface area contributed by atoms with Gasteiger partial charge in [-0.2, -0.15) is 0 Å². The van der Waals surface area contributed by atoms with E-state index in [4.69, 9.17) is 4.74 Å². The van der Waals surface area contributed by atoms with E-state index in [0.29, 0.717) is 16.0 Å². The van der Waals surface area contributed by atoms with Gasteiger partial charge in [0, 0.05) is 16.5 Å². The average Bonchev–Trinajstić information content (AvgIpc) is 2.65. The molecule has 0 aromatic heterocycles. The Morgan fingerprint density at radius 3 is 2.46 bits per heavy atom. The fourth-order valence-electron chi connectivity index (χ4n) is 2.59. The van der Waals surface area contributed by atoms with Crippen LogP contribution >= 0.6 is 11.8 Å². The topological polar surface area (TPSA) is 72.5 Å². The maximum atomic E-state index is 12.5. The van der Waals surface area contributed by atoms with E-state index in [0.717, 1.165) is 11.1 Å². The van der Waals surface area contributed by atoms with Gasteiger partial charge < -0.3 is 10.1 Å². The Labute approximate surface area is 169 Å². The Morgan fingerprint density at radius 2 is 1.75 bits per heavy atom. The number of benzene rings is 2. The summed E-state index contributed by atoms with van der Waals surface area (Å²) in [6, 6.07) is 12.6. The fraction of sp³-hybridized carbons (Fsp3) is 0.318. The van der Waals surface area contributed by atoms with Crippen molar-refractivity contribution in [2.45, 2.75) is 38.6 Å². The summed E-state index contributed by atoms with van der Waals surface area (Å²) in [5.74, 6) is -0.723. The minimum atomic E-state index is -0.578. The highest BCUT2D eigenvalue weighted by molar-refractivity contribution is 8.00. The number of ether oxygens (including phenoxy) is 1. The minimum absolute atomic E-state index is 0.0596. The average molecular weight is 400 g/mol. The van der Waals surface area contributed by atoms with Crippen LogP contribution in [-0.4, -0.2) is 36.1 Å². The van der Waals surface area contributed by atoms with Crippen LogP contribution in [0.3, 0.4) is 0 Å². The number of amides is 1. The zero-order valence-electron chi connectivity index (χ0n) is 16.6. The first-order valence-electron chi connectivity index (χ1n) is 9.06. The molecule has 0 unspecified atom stereocenters. The van der Waals surface area contributed by atoms with Crippen LogP contribution < -0.4 is 5.32 Å². The molecule has 148 valence electrons. The van der Waals surface area contributed by atoms with Gasteiger partial charge in [0.1, 0.15) is 0 Å². The van der Waals surface area contributed by atoms with Gasteiger partial charge in [-0.15, -0.1) is 11.8 Å². The number of nitrogens with one attached hydrogen (secondary N) is 1. The highest BCUT2D eigenvalue weighted by Gasteiger charge is 2.17. The third-order valence-electron chi connectivity index (χ3n) is 3.94. The van der Waals surface area contributed by atoms with Crippen LogP contribution in [0.15, 0.2) is 47.4 Å². The normalized spacial score (nSPS) is 10.6. The highest BCUT2D eigenvalue weighted by atomic mass is 32.2. The predicted octanol–water partition coefficient (Wildman–Crippen LogP) is 3.96. The number of ketones is 1. The molecule has 2 aromatic rings. The van der Waals surface area contributed by atoms with E-state index in [1.54, 1.807) is 30.3 Å². The highest BCUT2D eigenvalue weighted by Crippen LogP contribution is 2.23. The summed E-state index contributed by atoms with van der Waals surface area (Å²) in [5, 5.41) is 2.81. The van der Waals surface area contributed by atoms with E-state index >= 15 is 0 Å². The molecule has 0 aliphatic heterocycles. The van der Waals surface area contributed by atoms with Gasteiger partial charge in [-0.25, -0.2) is 4.79 Å². The zero-order chi connectivity index (χ0) is 20.7. The summed E-state index contributed by atoms with van der Waals surface area (Å²) >= 11 is 1.26. The first-order valence-corrected chi connectivity index (χ1v) is 10.0. The van der Waals surface area contributed by atoms with E-state index < -0.39 is 5.97 Å². The van der Waals surface area contributed by atoms with Crippen molar-refractivity contribution in [1.82, 2.24) is 5.32 Å². The van der Waals surface area contributed by atoms with Crippen molar-refractivity contribution in [3.05, 3.63) is 64.7 Å². The number of esters is 1. The van der Waals surface area contributed by atoms with Crippen LogP contribution in [0.25, 0.3) is 0 Å². The van der Waals surface area contributed by atoms with Crippen LogP contribution in [0.5, 0.6) is 0 Å². The second-order valence-corrected chi connectivity index (χ2v) is 7.84. The number of rotatable bonds is 8. The van der Waals surface area contributed by atoms with E-state index in [9.17, 15) is 14.4 Å². The molecule has 28 heavy (non-hydrogen) atoms. The third kappa shape index (κ3) is 6.23. The number of aryl methyl sites for hydroxylation is 2. The lowest BCUT2D eigenvalue weighted by Crippen LogP contribution is -2.31. The molecule has 6 heteroatoms. The lowest BCUT2D eigenvalue weighted by molar-refractivity contribution is -0.119. The van der Waals surface area contributed by atoms with Gasteiger partial charge in [-0.3, -0.25) is 9.59 Å². The molecule has 0 heterocycles. The number of Topliss-reactive ketones (excluding diaryl/α,β-unsaturated/α-hetero) is 1. The molecule has 2 rings (SSSR count). The molecule has 2 aromatic carbocycles. The zero-order valence-corrected chi connectivity index (χ0v) is 17.4. The van der Waals surface area contributed by atoms with Crippen molar-refractivity contribution < 1.29 is 19.1 Å². The van der Waals surface area contributed by atoms with Gasteiger partial charge in [0.25, 0.3) is 0 Å². The third-order valence-corrected chi connectivity index (χ3v) is 5.02. The predicted molar refractivity (Wildman–Crippen MR) is 111 cm³/mol. The minimum Gasteiger partial charge on any atom is -0.454 e. The van der Waals surface area contributed by atoms with Crippen molar-refractivity contribution in [3.63, 3.8) is 0 Å². The van der Waals surface area contributed by atoms with Gasteiger partial charge in [-0.05, 0) is 51.5 Å². The Kier molecular flexibility index (Phi) is 7.81. The number of thioether (sulfide) groups is 1. The van der Waals surface area contributed by atoms with Crippen molar-refractivity contribution in [1.29, 1.82) is 0 Å². The lowest BCUT2D eigenvalue weighted by atomic mass is 10.0. The molecular weight excluding hydrogens is 374 g/mol. The van der Waals surface area contributed by atoms with Gasteiger partial charge in [-0.1, -0.05) is 29.8 Å². The maximum absolute atomic E-state index is 12.5. The Balaban J connectivity index is 2.01. The first-order chi connectivity index (χ1) is 13.3. The second kappa shape index (κ2) is 10.1. The van der Waals surface area contributed by atoms with Crippen LogP contribution in [0, 0.1) is 13.8 Å². The first kappa shape index (κ1) is 21.7. The molecule has 0 atom stereocenters. The molecule has 0 bridgehead atoms. The Hall–Kier alpha value is -2.60. The molecule has 1 N–H and O–H groups in total. The molecule has 0 aliphatic carbocycles. The van der Waals surface area contributed by atoms with Crippen molar-refractivity contribution in [2.75, 3.05) is 12.4 Å². The number of carbonyl (C=O) groups excluding carboxylic acids is 3. The van der Waals surface area contributed by atoms with Gasteiger partial charge in [0.2, 0.25) is 11.7 Å². The number of carbonyl (C=O) groups is 3. The smallest absolute Gasteiger partial charge is 0.339 e. The largest absolute Gasteiger partial charge is 0.454 e. The molecule has 0 fully saturated rings. The molecule has 5 nitrogen and oxygen atoms in total. The Morgan fingerprint density at radius 1 is 1.04 bits per heavy atom. The summed E-state index contributed by atoms with van der Waals surface area (Å²) in [4.78, 5) is 37.4. The van der Waals surface area contributed by atoms with E-state index in [-0.39, 0.29) is 30.1 Å². The summed E-state index contributed by atoms with van der Waals surface area (Å²) in [7, 11) is 0. The molecule has 0 aliphatic rings. The summed E-state index contributed by atoms with van der Waals surface area (Å²) in [6.07, 6.45) is 0. The van der Waals surface area contributed by atoms with Crippen LogP contribution in [-0.2, 0) is 9.53 Å². The van der Waals surface area contributed by atoms with Crippen molar-refractivity contribution >= 4 is 29.4 Å². The molecule has 0 spiro atoms. The van der Waals surface area contributed by atoms with E-state index in [1.807, 2.05) is 39.8 Å². The maximum Gasteiger partial charge on any atom is 0.339 e. The molecule has 0 radical (unpaired) electrons. The molecule has 0 saturated carbocycles. The molecule has 1 amide bonds. The molecular formula is C22H25NO4S.